The van der Waals surface area contributed by atoms with E-state index in [1.54, 1.807) is 5.56 Å². The van der Waals surface area contributed by atoms with Crippen LogP contribution in [0.2, 0.25) is 0 Å². The van der Waals surface area contributed by atoms with Gasteiger partial charge in [0.1, 0.15) is 0 Å². The molecule has 0 aliphatic heterocycles. The Hall–Kier alpha value is -0.490. The first-order valence-electron chi connectivity index (χ1n) is 4.52. The van der Waals surface area contributed by atoms with Gasteiger partial charge in [-0.25, -0.2) is 0 Å². The van der Waals surface area contributed by atoms with Crippen molar-refractivity contribution in [3.63, 3.8) is 0 Å². The molecule has 0 heterocycles. The van der Waals surface area contributed by atoms with Crippen LogP contribution < -0.4 is 0 Å². The van der Waals surface area contributed by atoms with Crippen molar-refractivity contribution in [1.82, 2.24) is 0 Å². The predicted molar refractivity (Wildman–Crippen MR) is 54.9 cm³/mol. The summed E-state index contributed by atoms with van der Waals surface area (Å²) in [6.45, 7) is 0. The van der Waals surface area contributed by atoms with Crippen molar-refractivity contribution < 1.29 is 0 Å². The molecule has 1 heteroatoms. The van der Waals surface area contributed by atoms with E-state index in [4.69, 9.17) is 0 Å². The van der Waals surface area contributed by atoms with E-state index >= 15 is 0 Å². The second-order valence-corrected chi connectivity index (χ2v) is 3.39. The Balaban J connectivity index is 0.000000720. The summed E-state index contributed by atoms with van der Waals surface area (Å²) in [5, 5.41) is 0. The van der Waals surface area contributed by atoms with E-state index in [-0.39, 0.29) is 12.4 Å². The van der Waals surface area contributed by atoms with Gasteiger partial charge in [0.25, 0.3) is 0 Å². The van der Waals surface area contributed by atoms with E-state index < -0.39 is 0 Å². The molecule has 0 bridgehead atoms. The van der Waals surface area contributed by atoms with Crippen LogP contribution in [0.3, 0.4) is 0 Å². The van der Waals surface area contributed by atoms with Crippen molar-refractivity contribution in [2.75, 3.05) is 0 Å². The van der Waals surface area contributed by atoms with Gasteiger partial charge in [-0.15, -0.1) is 12.4 Å². The van der Waals surface area contributed by atoms with E-state index in [1.807, 2.05) is 0 Å². The van der Waals surface area contributed by atoms with Crippen LogP contribution in [-0.4, -0.2) is 0 Å². The normalized spacial score (nSPS) is 17.3. The van der Waals surface area contributed by atoms with Crippen molar-refractivity contribution in [2.24, 2.45) is 0 Å². The van der Waals surface area contributed by atoms with E-state index in [0.29, 0.717) is 0 Å². The predicted octanol–water partition coefficient (Wildman–Crippen LogP) is 3.77. The Morgan fingerprint density at radius 2 is 1.50 bits per heavy atom. The topological polar surface area (TPSA) is 0 Å². The molecule has 0 N–H and O–H groups in total. The third-order valence-corrected chi connectivity index (χ3v) is 2.63. The highest BCUT2D eigenvalue weighted by Gasteiger charge is 2.15. The van der Waals surface area contributed by atoms with Crippen LogP contribution in [0, 0.1) is 0 Å². The van der Waals surface area contributed by atoms with Gasteiger partial charge in [-0.3, -0.25) is 0 Å². The smallest absolute Gasteiger partial charge is 0.0162 e. The highest BCUT2D eigenvalue weighted by molar-refractivity contribution is 5.85. The van der Waals surface area contributed by atoms with Crippen LogP contribution in [0.25, 0.3) is 0 Å². The highest BCUT2D eigenvalue weighted by Crippen LogP contribution is 2.33. The Morgan fingerprint density at radius 3 is 2.08 bits per heavy atom. The van der Waals surface area contributed by atoms with E-state index in [2.05, 4.69) is 30.3 Å². The molecule has 1 aliphatic rings. The summed E-state index contributed by atoms with van der Waals surface area (Å²) in [5.74, 6) is 0.871. The molecule has 66 valence electrons. The lowest BCUT2D eigenvalue weighted by Gasteiger charge is -2.07. The molecule has 0 unspecified atom stereocenters. The fourth-order valence-corrected chi connectivity index (χ4v) is 1.98. The third kappa shape index (κ3) is 2.01. The molecule has 0 amide bonds. The molecule has 2 rings (SSSR count). The maximum Gasteiger partial charge on any atom is -0.0162 e. The average Bonchev–Trinajstić information content (AvgIpc) is 2.58. The van der Waals surface area contributed by atoms with Crippen molar-refractivity contribution in [2.45, 2.75) is 31.6 Å². The van der Waals surface area contributed by atoms with Gasteiger partial charge in [-0.05, 0) is 24.3 Å². The van der Waals surface area contributed by atoms with Gasteiger partial charge < -0.3 is 0 Å². The summed E-state index contributed by atoms with van der Waals surface area (Å²) in [7, 11) is 0. The van der Waals surface area contributed by atoms with Crippen LogP contribution in [0.5, 0.6) is 0 Å². The summed E-state index contributed by atoms with van der Waals surface area (Å²) >= 11 is 0. The van der Waals surface area contributed by atoms with Gasteiger partial charge in [0.15, 0.2) is 0 Å². The minimum Gasteiger partial charge on any atom is -0.147 e. The average molecular weight is 183 g/mol. The molecule has 0 radical (unpaired) electrons. The summed E-state index contributed by atoms with van der Waals surface area (Å²) < 4.78 is 0. The zero-order chi connectivity index (χ0) is 7.52. The minimum atomic E-state index is 0. The Bertz CT molecular complexity index is 212. The van der Waals surface area contributed by atoms with Gasteiger partial charge in [0.2, 0.25) is 0 Å². The molecule has 0 atom stereocenters. The SMILES string of the molecule is Cl.c1ccc(C2CCCC2)cc1. The van der Waals surface area contributed by atoms with Gasteiger partial charge in [0.05, 0.1) is 0 Å². The molecule has 1 aliphatic carbocycles. The number of rotatable bonds is 1. The lowest BCUT2D eigenvalue weighted by atomic mass is 9.98. The van der Waals surface area contributed by atoms with Gasteiger partial charge >= 0.3 is 0 Å². The fourth-order valence-electron chi connectivity index (χ4n) is 1.98. The Morgan fingerprint density at radius 1 is 0.917 bits per heavy atom. The quantitative estimate of drug-likeness (QED) is 0.621. The maximum absolute atomic E-state index is 2.26. The molecule has 12 heavy (non-hydrogen) atoms. The molecule has 0 aromatic heterocycles. The van der Waals surface area contributed by atoms with Crippen LogP contribution in [0.15, 0.2) is 30.3 Å². The summed E-state index contributed by atoms with van der Waals surface area (Å²) in [6, 6.07) is 10.9. The monoisotopic (exact) mass is 182 g/mol. The molecule has 1 fully saturated rings. The van der Waals surface area contributed by atoms with E-state index in [9.17, 15) is 0 Å². The van der Waals surface area contributed by atoms with Gasteiger partial charge in [-0.1, -0.05) is 43.2 Å². The van der Waals surface area contributed by atoms with Crippen LogP contribution in [-0.2, 0) is 0 Å². The van der Waals surface area contributed by atoms with Crippen LogP contribution in [0.4, 0.5) is 0 Å². The van der Waals surface area contributed by atoms with Crippen molar-refractivity contribution in [1.29, 1.82) is 0 Å². The zero-order valence-corrected chi connectivity index (χ0v) is 8.02. The highest BCUT2D eigenvalue weighted by atomic mass is 35.5. The molecular formula is C11H15Cl. The van der Waals surface area contributed by atoms with E-state index in [1.165, 1.54) is 25.7 Å². The zero-order valence-electron chi connectivity index (χ0n) is 7.20. The summed E-state index contributed by atoms with van der Waals surface area (Å²) in [6.07, 6.45) is 5.67. The Labute approximate surface area is 80.4 Å². The molecule has 0 spiro atoms. The molecule has 1 saturated carbocycles. The molecule has 0 nitrogen and oxygen atoms in total. The van der Waals surface area contributed by atoms with Gasteiger partial charge in [-0.2, -0.15) is 0 Å². The van der Waals surface area contributed by atoms with Crippen LogP contribution in [0.1, 0.15) is 37.2 Å². The number of benzene rings is 1. The lowest BCUT2D eigenvalue weighted by Crippen LogP contribution is -1.89. The standard InChI is InChI=1S/C11H14.ClH/c1-2-6-10(7-3-1)11-8-4-5-9-11;/h1-3,6-7,11H,4-5,8-9H2;1H. The molecule has 0 saturated heterocycles. The van der Waals surface area contributed by atoms with Crippen molar-refractivity contribution >= 4 is 12.4 Å². The lowest BCUT2D eigenvalue weighted by molar-refractivity contribution is 0.723. The maximum atomic E-state index is 2.26. The first-order chi connectivity index (χ1) is 5.47. The van der Waals surface area contributed by atoms with Gasteiger partial charge in [0, 0.05) is 0 Å². The largest absolute Gasteiger partial charge is 0.147 e. The molecule has 1 aromatic rings. The first-order valence-corrected chi connectivity index (χ1v) is 4.52. The summed E-state index contributed by atoms with van der Waals surface area (Å²) in [5.41, 5.74) is 1.55. The fraction of sp³-hybridized carbons (Fsp3) is 0.455. The first kappa shape index (κ1) is 9.60. The Kier molecular flexibility index (Phi) is 3.61. The van der Waals surface area contributed by atoms with E-state index in [0.717, 1.165) is 5.92 Å². The number of hydrogen-bond acceptors (Lipinski definition) is 0. The summed E-state index contributed by atoms with van der Waals surface area (Å²) in [4.78, 5) is 0. The van der Waals surface area contributed by atoms with Crippen molar-refractivity contribution in [3.8, 4) is 0 Å². The number of hydrogen-bond donors (Lipinski definition) is 0. The second-order valence-electron chi connectivity index (χ2n) is 3.39. The minimum absolute atomic E-state index is 0. The molecule has 1 aromatic carbocycles. The second kappa shape index (κ2) is 4.51. The van der Waals surface area contributed by atoms with Crippen molar-refractivity contribution in [3.05, 3.63) is 35.9 Å². The molecular weight excluding hydrogens is 168 g/mol. The number of halogens is 1. The third-order valence-electron chi connectivity index (χ3n) is 2.63. The van der Waals surface area contributed by atoms with Crippen LogP contribution >= 0.6 is 12.4 Å².